The molecule has 4 saturated carbocycles. The summed E-state index contributed by atoms with van der Waals surface area (Å²) in [5.41, 5.74) is 9.70. The number of aromatic nitrogens is 3. The van der Waals surface area contributed by atoms with Crippen LogP contribution in [-0.2, 0) is 5.41 Å². The summed E-state index contributed by atoms with van der Waals surface area (Å²) in [6.07, 6.45) is 8.38. The number of hydrogen-bond donors (Lipinski definition) is 0. The number of benzene rings is 7. The van der Waals surface area contributed by atoms with E-state index in [-0.39, 0.29) is 0 Å². The second-order valence-corrected chi connectivity index (χ2v) is 16.6. The highest BCUT2D eigenvalue weighted by Crippen LogP contribution is 2.60. The smallest absolute Gasteiger partial charge is 0.164 e. The number of rotatable bonds is 6. The summed E-state index contributed by atoms with van der Waals surface area (Å²) < 4.78 is 0. The molecule has 4 nitrogen and oxygen atoms in total. The molecule has 0 radical (unpaired) electrons. The van der Waals surface area contributed by atoms with Gasteiger partial charge in [-0.1, -0.05) is 127 Å². The van der Waals surface area contributed by atoms with Crippen molar-refractivity contribution in [2.75, 3.05) is 0 Å². The van der Waals surface area contributed by atoms with E-state index in [1.54, 1.807) is 0 Å². The van der Waals surface area contributed by atoms with Gasteiger partial charge in [-0.25, -0.2) is 15.0 Å². The van der Waals surface area contributed by atoms with Gasteiger partial charge < -0.3 is 0 Å². The Labute approximate surface area is 327 Å². The Balaban J connectivity index is 1.02. The molecule has 0 unspecified atom stereocenters. The third-order valence-corrected chi connectivity index (χ3v) is 13.1. The first-order valence-corrected chi connectivity index (χ1v) is 20.1. The molecule has 1 heterocycles. The lowest BCUT2D eigenvalue weighted by Crippen LogP contribution is -2.48. The van der Waals surface area contributed by atoms with Crippen molar-refractivity contribution in [1.29, 1.82) is 5.26 Å². The minimum absolute atomic E-state index is 0.346. The molecule has 4 heteroatoms. The first-order valence-electron chi connectivity index (χ1n) is 20.1. The fourth-order valence-electron chi connectivity index (χ4n) is 10.8. The summed E-state index contributed by atoms with van der Waals surface area (Å²) in [5, 5.41) is 14.6. The van der Waals surface area contributed by atoms with Crippen molar-refractivity contribution in [2.24, 2.45) is 17.8 Å². The maximum absolute atomic E-state index is 10.3. The van der Waals surface area contributed by atoms with Crippen LogP contribution in [0.5, 0.6) is 0 Å². The second-order valence-electron chi connectivity index (χ2n) is 16.6. The van der Waals surface area contributed by atoms with E-state index in [2.05, 4.69) is 115 Å². The first-order chi connectivity index (χ1) is 27.6. The van der Waals surface area contributed by atoms with Crippen molar-refractivity contribution >= 4 is 21.5 Å². The molecule has 0 N–H and O–H groups in total. The summed E-state index contributed by atoms with van der Waals surface area (Å²) in [4.78, 5) is 15.4. The molecule has 56 heavy (non-hydrogen) atoms. The van der Waals surface area contributed by atoms with E-state index in [0.717, 1.165) is 61.9 Å². The van der Waals surface area contributed by atoms with Crippen LogP contribution in [0.1, 0.15) is 49.7 Å². The SMILES string of the molecule is N#Cc1cccc2c(-c3nc(-c4ccccc4)nc(-c4ccc(-c5ccc6ccccc6c5)cc4)n3)cc(-c3ccc(C45C[C@H]6C[C@@H](C4)C[C@@H](C5)C6)cc3)cc12. The van der Waals surface area contributed by atoms with Gasteiger partial charge in [-0.3, -0.25) is 0 Å². The lowest BCUT2D eigenvalue weighted by atomic mass is 9.48. The highest BCUT2D eigenvalue weighted by atomic mass is 15.0. The van der Waals surface area contributed by atoms with E-state index in [1.165, 1.54) is 60.4 Å². The van der Waals surface area contributed by atoms with Crippen molar-refractivity contribution in [2.45, 2.75) is 43.9 Å². The van der Waals surface area contributed by atoms with Gasteiger partial charge in [0.2, 0.25) is 0 Å². The van der Waals surface area contributed by atoms with Crippen LogP contribution in [0.25, 0.3) is 78.0 Å². The van der Waals surface area contributed by atoms with E-state index < -0.39 is 0 Å². The predicted molar refractivity (Wildman–Crippen MR) is 227 cm³/mol. The summed E-state index contributed by atoms with van der Waals surface area (Å²) >= 11 is 0. The quantitative estimate of drug-likeness (QED) is 0.172. The van der Waals surface area contributed by atoms with E-state index >= 15 is 0 Å². The Kier molecular flexibility index (Phi) is 7.71. The fraction of sp³-hybridized carbons (Fsp3) is 0.192. The second kappa shape index (κ2) is 13.1. The third-order valence-electron chi connectivity index (χ3n) is 13.1. The van der Waals surface area contributed by atoms with Crippen LogP contribution in [-0.4, -0.2) is 15.0 Å². The van der Waals surface area contributed by atoms with Crippen molar-refractivity contribution < 1.29 is 0 Å². The molecule has 0 saturated heterocycles. The molecular weight excluding hydrogens is 681 g/mol. The van der Waals surface area contributed by atoms with Gasteiger partial charge in [0.25, 0.3) is 0 Å². The van der Waals surface area contributed by atoms with E-state index in [0.29, 0.717) is 28.5 Å². The molecule has 4 aliphatic rings. The van der Waals surface area contributed by atoms with E-state index in [4.69, 9.17) is 15.0 Å². The Morgan fingerprint density at radius 3 is 1.71 bits per heavy atom. The van der Waals surface area contributed by atoms with Gasteiger partial charge in [0.05, 0.1) is 11.6 Å². The van der Waals surface area contributed by atoms with Crippen LogP contribution < -0.4 is 0 Å². The standard InChI is InChI=1S/C52H40N4/c53-32-43-11-6-12-46-47(43)27-44(38-19-21-45(22-20-38)52-29-33-23-34(30-52)25-35(24-33)31-52)28-48(46)51-55-49(39-8-2-1-3-9-39)54-50(56-51)40-16-13-37(14-17-40)42-18-15-36-7-4-5-10-41(36)26-42/h1-22,26-28,33-35H,23-25,29-31H2/t33-,34+,35-,52?. The number of nitrogens with zero attached hydrogens (tertiary/aromatic N) is 4. The molecule has 4 aliphatic carbocycles. The molecule has 268 valence electrons. The third kappa shape index (κ3) is 5.69. The Bertz CT molecular complexity index is 2800. The highest BCUT2D eigenvalue weighted by Gasteiger charge is 2.51. The molecule has 12 rings (SSSR count). The molecule has 4 bridgehead atoms. The van der Waals surface area contributed by atoms with Crippen molar-refractivity contribution in [3.05, 3.63) is 163 Å². The van der Waals surface area contributed by atoms with Gasteiger partial charge in [-0.2, -0.15) is 5.26 Å². The van der Waals surface area contributed by atoms with Crippen LogP contribution in [0.2, 0.25) is 0 Å². The van der Waals surface area contributed by atoms with Gasteiger partial charge in [-0.05, 0) is 130 Å². The lowest BCUT2D eigenvalue weighted by Gasteiger charge is -2.57. The molecule has 7 aromatic carbocycles. The summed E-state index contributed by atoms with van der Waals surface area (Å²) in [6, 6.07) is 55.8. The topological polar surface area (TPSA) is 62.5 Å². The maximum Gasteiger partial charge on any atom is 0.164 e. The van der Waals surface area contributed by atoms with Crippen LogP contribution in [0, 0.1) is 29.1 Å². The molecule has 0 spiro atoms. The lowest BCUT2D eigenvalue weighted by molar-refractivity contribution is -0.00518. The number of nitriles is 1. The predicted octanol–water partition coefficient (Wildman–Crippen LogP) is 12.9. The van der Waals surface area contributed by atoms with E-state index in [1.807, 2.05) is 42.5 Å². The zero-order chi connectivity index (χ0) is 37.2. The van der Waals surface area contributed by atoms with Crippen LogP contribution >= 0.6 is 0 Å². The maximum atomic E-state index is 10.3. The largest absolute Gasteiger partial charge is 0.208 e. The first kappa shape index (κ1) is 32.9. The van der Waals surface area contributed by atoms with Crippen LogP contribution in [0.15, 0.2) is 152 Å². The zero-order valence-corrected chi connectivity index (χ0v) is 31.2. The van der Waals surface area contributed by atoms with Gasteiger partial charge in [0.15, 0.2) is 17.5 Å². The Morgan fingerprint density at radius 1 is 0.446 bits per heavy atom. The zero-order valence-electron chi connectivity index (χ0n) is 31.2. The fourth-order valence-corrected chi connectivity index (χ4v) is 10.8. The average molecular weight is 721 g/mol. The normalized spacial score (nSPS) is 21.0. The summed E-state index contributed by atoms with van der Waals surface area (Å²) in [6.45, 7) is 0. The molecule has 8 aromatic rings. The highest BCUT2D eigenvalue weighted by molar-refractivity contribution is 6.01. The monoisotopic (exact) mass is 720 g/mol. The molecule has 0 atom stereocenters. The number of fused-ring (bicyclic) bond motifs is 2. The van der Waals surface area contributed by atoms with Gasteiger partial charge in [0, 0.05) is 22.1 Å². The molecule has 4 fully saturated rings. The van der Waals surface area contributed by atoms with Gasteiger partial charge in [0.1, 0.15) is 0 Å². The molecule has 0 amide bonds. The van der Waals surface area contributed by atoms with Gasteiger partial charge >= 0.3 is 0 Å². The molecule has 1 aromatic heterocycles. The van der Waals surface area contributed by atoms with Crippen LogP contribution in [0.3, 0.4) is 0 Å². The average Bonchev–Trinajstić information content (AvgIpc) is 3.25. The minimum Gasteiger partial charge on any atom is -0.208 e. The summed E-state index contributed by atoms with van der Waals surface area (Å²) in [5.74, 6) is 4.51. The molecular formula is C52H40N4. The summed E-state index contributed by atoms with van der Waals surface area (Å²) in [7, 11) is 0. The van der Waals surface area contributed by atoms with E-state index in [9.17, 15) is 5.26 Å². The van der Waals surface area contributed by atoms with Crippen molar-refractivity contribution in [1.82, 2.24) is 15.0 Å². The Hall–Kier alpha value is -6.44. The van der Waals surface area contributed by atoms with Crippen LogP contribution in [0.4, 0.5) is 0 Å². The van der Waals surface area contributed by atoms with Gasteiger partial charge in [-0.15, -0.1) is 0 Å². The molecule has 0 aliphatic heterocycles. The minimum atomic E-state index is 0.346. The Morgan fingerprint density at radius 2 is 1.02 bits per heavy atom. The van der Waals surface area contributed by atoms with Crippen molar-refractivity contribution in [3.63, 3.8) is 0 Å². The van der Waals surface area contributed by atoms with Crippen molar-refractivity contribution in [3.8, 4) is 62.5 Å². The number of hydrogen-bond acceptors (Lipinski definition) is 4.